The van der Waals surface area contributed by atoms with Crippen LogP contribution in [0.15, 0.2) is 35.2 Å². The first kappa shape index (κ1) is 21.8. The number of sulfonamides is 1. The molecule has 1 amide bonds. The maximum atomic E-state index is 14.3. The third-order valence-corrected chi connectivity index (χ3v) is 6.70. The summed E-state index contributed by atoms with van der Waals surface area (Å²) in [7, 11) is -4.54. The minimum atomic E-state index is -4.54. The highest BCUT2D eigenvalue weighted by atomic mass is 35.5. The van der Waals surface area contributed by atoms with Crippen LogP contribution in [0, 0.1) is 11.6 Å². The summed E-state index contributed by atoms with van der Waals surface area (Å²) in [6, 6.07) is 4.69. The predicted octanol–water partition coefficient (Wildman–Crippen LogP) is 3.23. The van der Waals surface area contributed by atoms with Crippen LogP contribution in [-0.2, 0) is 10.0 Å². The van der Waals surface area contributed by atoms with E-state index in [1.807, 2.05) is 0 Å². The molecule has 1 heterocycles. The molecule has 1 aliphatic rings. The van der Waals surface area contributed by atoms with E-state index in [0.29, 0.717) is 16.4 Å². The van der Waals surface area contributed by atoms with E-state index in [-0.39, 0.29) is 21.3 Å². The molecule has 156 valence electrons. The van der Waals surface area contributed by atoms with Gasteiger partial charge in [-0.2, -0.15) is 4.31 Å². The minimum absolute atomic E-state index is 0.0918. The van der Waals surface area contributed by atoms with Crippen molar-refractivity contribution in [1.82, 2.24) is 4.31 Å². The smallest absolute Gasteiger partial charge is 0.257 e. The maximum Gasteiger partial charge on any atom is 0.257 e. The Bertz CT molecular complexity index is 1070. The molecule has 0 aliphatic carbocycles. The predicted molar refractivity (Wildman–Crippen MR) is 100 cm³/mol. The van der Waals surface area contributed by atoms with Crippen LogP contribution in [0.3, 0.4) is 0 Å². The van der Waals surface area contributed by atoms with E-state index in [9.17, 15) is 31.5 Å². The number of amides is 1. The fourth-order valence-electron chi connectivity index (χ4n) is 2.72. The maximum absolute atomic E-state index is 14.3. The Kier molecular flexibility index (Phi) is 6.11. The number of carbonyl (C=O) groups excluding carboxylic acids is 1. The summed E-state index contributed by atoms with van der Waals surface area (Å²) in [6.45, 7) is -1.21. The molecule has 0 saturated carbocycles. The molecule has 1 aliphatic heterocycles. The number of aliphatic hydroxyl groups excluding tert-OH is 1. The Hall–Kier alpha value is -1.85. The van der Waals surface area contributed by atoms with E-state index in [2.05, 4.69) is 5.32 Å². The largest absolute Gasteiger partial charge is 0.389 e. The second kappa shape index (κ2) is 8.11. The van der Waals surface area contributed by atoms with Crippen LogP contribution in [0.25, 0.3) is 0 Å². The first-order valence-electron chi connectivity index (χ1n) is 8.08. The lowest BCUT2D eigenvalue weighted by atomic mass is 10.2. The molecule has 1 fully saturated rings. The van der Waals surface area contributed by atoms with Gasteiger partial charge in [0.1, 0.15) is 28.8 Å². The van der Waals surface area contributed by atoms with Crippen LogP contribution in [0.4, 0.5) is 18.9 Å². The molecule has 0 aromatic heterocycles. The SMILES string of the molecule is O=C(Nc1ccc(F)c(Cl)c1)c1cc(S(=O)(=O)N2CC(O)C(F)C2)c(F)cc1Cl. The molecular weight excluding hydrogens is 456 g/mol. The second-order valence-corrected chi connectivity index (χ2v) is 8.97. The van der Waals surface area contributed by atoms with E-state index in [1.165, 1.54) is 6.07 Å². The monoisotopic (exact) mass is 468 g/mol. The molecule has 6 nitrogen and oxygen atoms in total. The van der Waals surface area contributed by atoms with Gasteiger partial charge in [-0.25, -0.2) is 21.6 Å². The topological polar surface area (TPSA) is 86.7 Å². The third-order valence-electron chi connectivity index (χ3n) is 4.25. The van der Waals surface area contributed by atoms with Crippen molar-refractivity contribution in [2.75, 3.05) is 18.4 Å². The number of carbonyl (C=O) groups is 1. The normalized spacial score (nSPS) is 20.1. The van der Waals surface area contributed by atoms with Crippen molar-refractivity contribution in [3.05, 3.63) is 57.6 Å². The highest BCUT2D eigenvalue weighted by molar-refractivity contribution is 7.89. The Morgan fingerprint density at radius 3 is 2.38 bits per heavy atom. The van der Waals surface area contributed by atoms with Crippen molar-refractivity contribution in [1.29, 1.82) is 0 Å². The molecule has 3 rings (SSSR count). The molecule has 12 heteroatoms. The van der Waals surface area contributed by atoms with E-state index in [0.717, 1.165) is 12.1 Å². The zero-order chi connectivity index (χ0) is 21.5. The average Bonchev–Trinajstić information content (AvgIpc) is 2.97. The van der Waals surface area contributed by atoms with Crippen molar-refractivity contribution in [3.63, 3.8) is 0 Å². The van der Waals surface area contributed by atoms with Gasteiger partial charge < -0.3 is 10.4 Å². The summed E-state index contributed by atoms with van der Waals surface area (Å²) in [5.74, 6) is -2.86. The van der Waals surface area contributed by atoms with Gasteiger partial charge >= 0.3 is 0 Å². The molecule has 1 saturated heterocycles. The van der Waals surface area contributed by atoms with E-state index >= 15 is 0 Å². The Morgan fingerprint density at radius 1 is 1.10 bits per heavy atom. The number of anilines is 1. The summed E-state index contributed by atoms with van der Waals surface area (Å²) in [5.41, 5.74) is -0.294. The second-order valence-electron chi connectivity index (χ2n) is 6.25. The fraction of sp³-hybridized carbons (Fsp3) is 0.235. The molecule has 2 aromatic rings. The summed E-state index contributed by atoms with van der Waals surface area (Å²) < 4.78 is 66.9. The van der Waals surface area contributed by atoms with E-state index in [4.69, 9.17) is 23.2 Å². The number of benzene rings is 2. The quantitative estimate of drug-likeness (QED) is 0.720. The molecule has 2 atom stereocenters. The van der Waals surface area contributed by atoms with Crippen LogP contribution in [0.2, 0.25) is 10.0 Å². The molecule has 2 unspecified atom stereocenters. The summed E-state index contributed by atoms with van der Waals surface area (Å²) in [4.78, 5) is 11.6. The van der Waals surface area contributed by atoms with Crippen molar-refractivity contribution >= 4 is 44.8 Å². The molecule has 0 bridgehead atoms. The standard InChI is InChI=1S/C17H13Cl2F3N2O4S/c18-10-5-13(21)16(29(27,28)24-6-14(22)15(25)7-24)4-9(10)17(26)23-8-1-2-12(20)11(19)3-8/h1-5,14-15,25H,6-7H2,(H,23,26). The zero-order valence-electron chi connectivity index (χ0n) is 14.4. The molecule has 2 aromatic carbocycles. The molecule has 0 spiro atoms. The highest BCUT2D eigenvalue weighted by Crippen LogP contribution is 2.29. The number of aliphatic hydroxyl groups is 1. The minimum Gasteiger partial charge on any atom is -0.389 e. The van der Waals surface area contributed by atoms with Gasteiger partial charge in [0.15, 0.2) is 0 Å². The van der Waals surface area contributed by atoms with Gasteiger partial charge in [0, 0.05) is 18.8 Å². The van der Waals surface area contributed by atoms with Crippen molar-refractivity contribution in [2.24, 2.45) is 0 Å². The lowest BCUT2D eigenvalue weighted by Gasteiger charge is -2.17. The van der Waals surface area contributed by atoms with Crippen LogP contribution in [-0.4, -0.2) is 49.1 Å². The van der Waals surface area contributed by atoms with Gasteiger partial charge in [-0.15, -0.1) is 0 Å². The number of hydrogen-bond acceptors (Lipinski definition) is 4. The number of β-amino-alcohol motifs (C(OH)–C–C–N with tert-alkyl or cyclic N) is 1. The summed E-state index contributed by atoms with van der Waals surface area (Å²) in [5, 5.41) is 11.1. The molecule has 29 heavy (non-hydrogen) atoms. The zero-order valence-corrected chi connectivity index (χ0v) is 16.7. The summed E-state index contributed by atoms with van der Waals surface area (Å²) in [6.07, 6.45) is -3.35. The van der Waals surface area contributed by atoms with Crippen molar-refractivity contribution < 1.29 is 31.5 Å². The first-order chi connectivity index (χ1) is 13.5. The van der Waals surface area contributed by atoms with Crippen LogP contribution in [0.5, 0.6) is 0 Å². The van der Waals surface area contributed by atoms with Gasteiger partial charge in [-0.3, -0.25) is 4.79 Å². The van der Waals surface area contributed by atoms with Crippen LogP contribution in [0.1, 0.15) is 10.4 Å². The number of alkyl halides is 1. The van der Waals surface area contributed by atoms with E-state index in [1.54, 1.807) is 0 Å². The number of rotatable bonds is 4. The number of nitrogens with one attached hydrogen (secondary N) is 1. The summed E-state index contributed by atoms with van der Waals surface area (Å²) >= 11 is 11.5. The lowest BCUT2D eigenvalue weighted by molar-refractivity contribution is 0.102. The Morgan fingerprint density at radius 2 is 1.79 bits per heavy atom. The average molecular weight is 469 g/mol. The van der Waals surface area contributed by atoms with Gasteiger partial charge in [-0.05, 0) is 30.3 Å². The Labute approximate surface area is 173 Å². The van der Waals surface area contributed by atoms with Gasteiger partial charge in [0.05, 0.1) is 15.6 Å². The fourth-order valence-corrected chi connectivity index (χ4v) is 4.68. The number of halogens is 5. The lowest BCUT2D eigenvalue weighted by Crippen LogP contribution is -2.31. The van der Waals surface area contributed by atoms with Crippen LogP contribution >= 0.6 is 23.2 Å². The molecule has 2 N–H and O–H groups in total. The van der Waals surface area contributed by atoms with Crippen molar-refractivity contribution in [2.45, 2.75) is 17.2 Å². The molecule has 0 radical (unpaired) electrons. The van der Waals surface area contributed by atoms with Gasteiger partial charge in [0.2, 0.25) is 10.0 Å². The van der Waals surface area contributed by atoms with E-state index < -0.39 is 57.8 Å². The van der Waals surface area contributed by atoms with Crippen LogP contribution < -0.4 is 5.32 Å². The molecular formula is C17H13Cl2F3N2O4S. The first-order valence-corrected chi connectivity index (χ1v) is 10.3. The highest BCUT2D eigenvalue weighted by Gasteiger charge is 2.40. The van der Waals surface area contributed by atoms with Gasteiger partial charge in [-0.1, -0.05) is 23.2 Å². The number of hydrogen-bond donors (Lipinski definition) is 2. The van der Waals surface area contributed by atoms with Gasteiger partial charge in [0.25, 0.3) is 5.91 Å². The Balaban J connectivity index is 1.95. The van der Waals surface area contributed by atoms with Crippen molar-refractivity contribution in [3.8, 4) is 0 Å². The third kappa shape index (κ3) is 4.36. The number of nitrogens with zero attached hydrogens (tertiary/aromatic N) is 1.